The first-order valence-corrected chi connectivity index (χ1v) is 11.6. The fourth-order valence-electron chi connectivity index (χ4n) is 4.18. The van der Waals surface area contributed by atoms with Crippen LogP contribution < -0.4 is 15.5 Å². The van der Waals surface area contributed by atoms with Gasteiger partial charge in [-0.3, -0.25) is 9.59 Å². The van der Waals surface area contributed by atoms with Crippen molar-refractivity contribution in [2.45, 2.75) is 18.6 Å². The molecule has 9 nitrogen and oxygen atoms in total. The summed E-state index contributed by atoms with van der Waals surface area (Å²) in [5.74, 6) is 2.10. The maximum atomic E-state index is 13.2. The van der Waals surface area contributed by atoms with Gasteiger partial charge in [0.2, 0.25) is 5.91 Å². The summed E-state index contributed by atoms with van der Waals surface area (Å²) in [6.07, 6.45) is 7.07. The van der Waals surface area contributed by atoms with E-state index < -0.39 is 12.1 Å². The number of carbonyl (C=O) groups excluding carboxylic acids is 3. The molecule has 0 radical (unpaired) electrons. The van der Waals surface area contributed by atoms with E-state index in [1.807, 2.05) is 0 Å². The lowest BCUT2D eigenvalue weighted by atomic mass is 10.1. The topological polar surface area (TPSA) is 100 Å². The summed E-state index contributed by atoms with van der Waals surface area (Å²) >= 11 is 0. The minimum atomic E-state index is -0.731. The van der Waals surface area contributed by atoms with Crippen LogP contribution in [-0.2, 0) is 19.1 Å². The van der Waals surface area contributed by atoms with Gasteiger partial charge in [0.05, 0.1) is 19.3 Å². The lowest BCUT2D eigenvalue weighted by Crippen LogP contribution is -2.45. The fourth-order valence-corrected chi connectivity index (χ4v) is 4.18. The highest BCUT2D eigenvalue weighted by Crippen LogP contribution is 2.25. The molecule has 0 spiro atoms. The molecular formula is C27H28N4O5. The summed E-state index contributed by atoms with van der Waals surface area (Å²) in [6.45, 7) is 5.26. The Morgan fingerprint density at radius 2 is 1.83 bits per heavy atom. The molecule has 4 rings (SSSR count). The molecule has 2 N–H and O–H groups in total. The molecule has 2 fully saturated rings. The van der Waals surface area contributed by atoms with Crippen molar-refractivity contribution in [3.8, 4) is 12.3 Å². The molecule has 0 aliphatic carbocycles. The molecule has 2 saturated heterocycles. The summed E-state index contributed by atoms with van der Waals surface area (Å²) in [5.41, 5.74) is 2.57. The van der Waals surface area contributed by atoms with E-state index in [1.165, 1.54) is 4.90 Å². The van der Waals surface area contributed by atoms with E-state index in [0.29, 0.717) is 43.1 Å². The van der Waals surface area contributed by atoms with E-state index in [1.54, 1.807) is 59.5 Å². The summed E-state index contributed by atoms with van der Waals surface area (Å²) < 4.78 is 10.9. The first kappa shape index (κ1) is 25.0. The molecule has 4 amide bonds. The zero-order valence-electron chi connectivity index (χ0n) is 19.8. The van der Waals surface area contributed by atoms with E-state index >= 15 is 0 Å². The lowest BCUT2D eigenvalue weighted by Gasteiger charge is -2.27. The number of nitrogens with zero attached hydrogens (tertiary/aromatic N) is 2. The number of urea groups is 1. The molecule has 9 heteroatoms. The van der Waals surface area contributed by atoms with Gasteiger partial charge < -0.3 is 29.9 Å². The van der Waals surface area contributed by atoms with Gasteiger partial charge >= 0.3 is 6.03 Å². The number of terminal acetylenes is 1. The van der Waals surface area contributed by atoms with Gasteiger partial charge in [-0.25, -0.2) is 4.79 Å². The van der Waals surface area contributed by atoms with Crippen LogP contribution in [0.1, 0.15) is 12.0 Å². The number of nitrogens with one attached hydrogen (secondary N) is 2. The number of anilines is 3. The number of benzene rings is 2. The summed E-state index contributed by atoms with van der Waals surface area (Å²) in [4.78, 5) is 41.5. The number of ether oxygens (including phenoxy) is 2. The Bertz CT molecular complexity index is 1160. The molecule has 2 atom stereocenters. The lowest BCUT2D eigenvalue weighted by molar-refractivity contribution is -0.125. The van der Waals surface area contributed by atoms with Crippen molar-refractivity contribution in [2.24, 2.45) is 0 Å². The quantitative estimate of drug-likeness (QED) is 0.461. The second-order valence-electron chi connectivity index (χ2n) is 8.43. The molecule has 2 unspecified atom stereocenters. The molecule has 2 aliphatic heterocycles. The Kier molecular flexibility index (Phi) is 8.00. The molecule has 186 valence electrons. The Morgan fingerprint density at radius 3 is 2.50 bits per heavy atom. The van der Waals surface area contributed by atoms with Crippen molar-refractivity contribution in [3.63, 3.8) is 0 Å². The molecule has 2 aliphatic rings. The number of morpholine rings is 1. The van der Waals surface area contributed by atoms with E-state index in [2.05, 4.69) is 23.1 Å². The number of rotatable bonds is 7. The standard InChI is InChI=1S/C27H28N4O5/c1-3-14-36-23-16-24(31(17-23)27(34)29-21-7-5-19(4-2)6-8-21)26(33)28-20-9-11-22(12-10-20)30-13-15-35-18-25(30)32/h2-3,5-12,23-24H,1,13-18H2,(H,28,33)(H,29,34). The van der Waals surface area contributed by atoms with Crippen molar-refractivity contribution in [3.05, 3.63) is 66.7 Å². The monoisotopic (exact) mass is 488 g/mol. The van der Waals surface area contributed by atoms with Gasteiger partial charge in [-0.05, 0) is 48.5 Å². The first-order chi connectivity index (χ1) is 17.5. The molecule has 0 bridgehead atoms. The highest BCUT2D eigenvalue weighted by Gasteiger charge is 2.40. The second kappa shape index (κ2) is 11.5. The maximum absolute atomic E-state index is 13.2. The SMILES string of the molecule is C#Cc1ccc(NC(=O)N2CC(OCC=C)CC2C(=O)Nc2ccc(N3CCOCC3=O)cc2)cc1. The largest absolute Gasteiger partial charge is 0.372 e. The number of likely N-dealkylation sites (tertiary alicyclic amines) is 1. The number of hydrogen-bond acceptors (Lipinski definition) is 5. The van der Waals surface area contributed by atoms with Crippen LogP contribution >= 0.6 is 0 Å². The predicted molar refractivity (Wildman–Crippen MR) is 137 cm³/mol. The Hall–Kier alpha value is -4.13. The van der Waals surface area contributed by atoms with E-state index in [-0.39, 0.29) is 31.1 Å². The van der Waals surface area contributed by atoms with Gasteiger partial charge in [-0.2, -0.15) is 0 Å². The van der Waals surface area contributed by atoms with Crippen LogP contribution in [0.4, 0.5) is 21.9 Å². The van der Waals surface area contributed by atoms with Crippen LogP contribution in [0.3, 0.4) is 0 Å². The molecule has 2 heterocycles. The van der Waals surface area contributed by atoms with Crippen molar-refractivity contribution in [2.75, 3.05) is 48.4 Å². The third kappa shape index (κ3) is 5.92. The fraction of sp³-hybridized carbons (Fsp3) is 0.296. The van der Waals surface area contributed by atoms with Crippen LogP contribution in [0.15, 0.2) is 61.2 Å². The Labute approximate surface area is 210 Å². The molecule has 36 heavy (non-hydrogen) atoms. The molecule has 0 aromatic heterocycles. The summed E-state index contributed by atoms with van der Waals surface area (Å²) in [6, 6.07) is 12.8. The van der Waals surface area contributed by atoms with Crippen LogP contribution in [-0.4, -0.2) is 67.8 Å². The van der Waals surface area contributed by atoms with Crippen LogP contribution in [0.5, 0.6) is 0 Å². The predicted octanol–water partition coefficient (Wildman–Crippen LogP) is 2.85. The highest BCUT2D eigenvalue weighted by atomic mass is 16.5. The van der Waals surface area contributed by atoms with Gasteiger partial charge in [-0.1, -0.05) is 12.0 Å². The molecule has 2 aromatic carbocycles. The second-order valence-corrected chi connectivity index (χ2v) is 8.43. The zero-order valence-corrected chi connectivity index (χ0v) is 19.8. The van der Waals surface area contributed by atoms with Gasteiger partial charge in [0.1, 0.15) is 12.6 Å². The number of hydrogen-bond donors (Lipinski definition) is 2. The van der Waals surface area contributed by atoms with E-state index in [9.17, 15) is 14.4 Å². The van der Waals surface area contributed by atoms with E-state index in [0.717, 1.165) is 5.69 Å². The van der Waals surface area contributed by atoms with Gasteiger partial charge in [0, 0.05) is 42.1 Å². The normalized spacial score (nSPS) is 19.5. The molecule has 0 saturated carbocycles. The van der Waals surface area contributed by atoms with Crippen LogP contribution in [0.25, 0.3) is 0 Å². The van der Waals surface area contributed by atoms with Gasteiger partial charge in [0.15, 0.2) is 0 Å². The van der Waals surface area contributed by atoms with Gasteiger partial charge in [0.25, 0.3) is 5.91 Å². The number of amides is 4. The minimum Gasteiger partial charge on any atom is -0.372 e. The number of carbonyl (C=O) groups is 3. The smallest absolute Gasteiger partial charge is 0.322 e. The Morgan fingerprint density at radius 1 is 1.14 bits per heavy atom. The average molecular weight is 489 g/mol. The summed E-state index contributed by atoms with van der Waals surface area (Å²) in [5, 5.41) is 5.70. The molecular weight excluding hydrogens is 460 g/mol. The van der Waals surface area contributed by atoms with E-state index in [4.69, 9.17) is 15.9 Å². The zero-order chi connectivity index (χ0) is 25.5. The first-order valence-electron chi connectivity index (χ1n) is 11.6. The average Bonchev–Trinajstić information content (AvgIpc) is 3.33. The van der Waals surface area contributed by atoms with Crippen molar-refractivity contribution < 1.29 is 23.9 Å². The van der Waals surface area contributed by atoms with Crippen LogP contribution in [0, 0.1) is 12.3 Å². The Balaban J connectivity index is 1.44. The van der Waals surface area contributed by atoms with Crippen molar-refractivity contribution in [1.29, 1.82) is 0 Å². The maximum Gasteiger partial charge on any atom is 0.322 e. The minimum absolute atomic E-state index is 0.0568. The van der Waals surface area contributed by atoms with Crippen molar-refractivity contribution >= 4 is 34.9 Å². The third-order valence-electron chi connectivity index (χ3n) is 6.01. The van der Waals surface area contributed by atoms with Crippen LogP contribution in [0.2, 0.25) is 0 Å². The summed E-state index contributed by atoms with van der Waals surface area (Å²) in [7, 11) is 0. The van der Waals surface area contributed by atoms with Crippen molar-refractivity contribution in [1.82, 2.24) is 4.90 Å². The van der Waals surface area contributed by atoms with Gasteiger partial charge in [-0.15, -0.1) is 13.0 Å². The third-order valence-corrected chi connectivity index (χ3v) is 6.01. The highest BCUT2D eigenvalue weighted by molar-refractivity contribution is 6.00. The molecule has 2 aromatic rings.